The van der Waals surface area contributed by atoms with E-state index in [9.17, 15) is 0 Å². The predicted molar refractivity (Wildman–Crippen MR) is 105 cm³/mol. The molecule has 4 aromatic rings. The molecule has 1 N–H and O–H groups in total. The quantitative estimate of drug-likeness (QED) is 0.544. The number of aromatic nitrogens is 5. The van der Waals surface area contributed by atoms with Gasteiger partial charge in [0, 0.05) is 36.3 Å². The normalized spacial score (nSPS) is 10.9. The summed E-state index contributed by atoms with van der Waals surface area (Å²) in [6.45, 7) is 4.57. The highest BCUT2D eigenvalue weighted by atomic mass is 32.1. The van der Waals surface area contributed by atoms with Gasteiger partial charge in [0.15, 0.2) is 0 Å². The lowest BCUT2D eigenvalue weighted by Gasteiger charge is -2.10. The molecular weight excluding hydrogens is 360 g/mol. The van der Waals surface area contributed by atoms with Crippen LogP contribution in [0.25, 0.3) is 21.8 Å². The summed E-state index contributed by atoms with van der Waals surface area (Å²) in [7, 11) is 0. The van der Waals surface area contributed by atoms with Gasteiger partial charge in [-0.15, -0.1) is 11.3 Å². The molecule has 0 aromatic carbocycles. The highest BCUT2D eigenvalue weighted by Gasteiger charge is 2.14. The zero-order valence-electron chi connectivity index (χ0n) is 15.0. The zero-order valence-corrected chi connectivity index (χ0v) is 15.8. The summed E-state index contributed by atoms with van der Waals surface area (Å²) in [6, 6.07) is 4.05. The molecule has 0 atom stereocenters. The Labute approximate surface area is 160 Å². The number of nitrogens with zero attached hydrogens (tertiary/aromatic N) is 5. The van der Waals surface area contributed by atoms with E-state index in [0.717, 1.165) is 45.3 Å². The van der Waals surface area contributed by atoms with Crippen LogP contribution in [0.1, 0.15) is 17.0 Å². The molecule has 8 heteroatoms. The molecule has 0 spiro atoms. The Kier molecular flexibility index (Phi) is 4.88. The van der Waals surface area contributed by atoms with Crippen LogP contribution in [0.2, 0.25) is 0 Å². The smallest absolute Gasteiger partial charge is 0.223 e. The van der Waals surface area contributed by atoms with Gasteiger partial charge in [-0.2, -0.15) is 0 Å². The van der Waals surface area contributed by atoms with Crippen molar-refractivity contribution in [2.75, 3.05) is 11.9 Å². The van der Waals surface area contributed by atoms with Crippen LogP contribution in [0.5, 0.6) is 0 Å². The maximum atomic E-state index is 5.21. The predicted octanol–water partition coefficient (Wildman–Crippen LogP) is 3.92. The Balaban J connectivity index is 1.59. The van der Waals surface area contributed by atoms with Gasteiger partial charge < -0.3 is 9.84 Å². The van der Waals surface area contributed by atoms with Gasteiger partial charge in [0.25, 0.3) is 0 Å². The molecule has 0 aliphatic carbocycles. The van der Waals surface area contributed by atoms with Gasteiger partial charge in [0.1, 0.15) is 5.76 Å². The molecule has 4 heterocycles. The van der Waals surface area contributed by atoms with Crippen LogP contribution in [-0.4, -0.2) is 31.6 Å². The third kappa shape index (κ3) is 3.70. The SMILES string of the molecule is Cc1noc(C)c1CCNc1ncc(-c2cnccn2)c(-c2cccs2)n1. The molecule has 136 valence electrons. The molecule has 0 fully saturated rings. The lowest BCUT2D eigenvalue weighted by molar-refractivity contribution is 0.392. The van der Waals surface area contributed by atoms with Gasteiger partial charge in [0.05, 0.1) is 28.2 Å². The minimum Gasteiger partial charge on any atom is -0.361 e. The monoisotopic (exact) mass is 378 g/mol. The van der Waals surface area contributed by atoms with Crippen molar-refractivity contribution in [3.63, 3.8) is 0 Å². The number of hydrogen-bond acceptors (Lipinski definition) is 8. The fourth-order valence-corrected chi connectivity index (χ4v) is 3.58. The van der Waals surface area contributed by atoms with Crippen molar-refractivity contribution < 1.29 is 4.52 Å². The van der Waals surface area contributed by atoms with Crippen LogP contribution in [0, 0.1) is 13.8 Å². The van der Waals surface area contributed by atoms with E-state index in [-0.39, 0.29) is 0 Å². The lowest BCUT2D eigenvalue weighted by atomic mass is 10.1. The summed E-state index contributed by atoms with van der Waals surface area (Å²) in [5.74, 6) is 1.44. The van der Waals surface area contributed by atoms with Crippen molar-refractivity contribution in [3.8, 4) is 21.8 Å². The van der Waals surface area contributed by atoms with Crippen molar-refractivity contribution in [1.29, 1.82) is 0 Å². The van der Waals surface area contributed by atoms with E-state index in [2.05, 4.69) is 25.4 Å². The van der Waals surface area contributed by atoms with Gasteiger partial charge in [-0.05, 0) is 31.7 Å². The van der Waals surface area contributed by atoms with Crippen molar-refractivity contribution in [2.24, 2.45) is 0 Å². The number of anilines is 1. The first kappa shape index (κ1) is 17.3. The van der Waals surface area contributed by atoms with Gasteiger partial charge in [-0.1, -0.05) is 11.2 Å². The molecule has 0 aliphatic heterocycles. The minimum atomic E-state index is 0.581. The standard InChI is InChI=1S/C19H18N6OS/c1-12-14(13(2)26-25-12)5-6-22-19-23-10-15(16-11-20-7-8-21-16)18(24-19)17-4-3-9-27-17/h3-4,7-11H,5-6H2,1-2H3,(H,22,23,24). The van der Waals surface area contributed by atoms with E-state index in [4.69, 9.17) is 9.51 Å². The summed E-state index contributed by atoms with van der Waals surface area (Å²) in [4.78, 5) is 18.8. The fourth-order valence-electron chi connectivity index (χ4n) is 2.85. The molecule has 4 aromatic heterocycles. The van der Waals surface area contributed by atoms with Gasteiger partial charge in [0.2, 0.25) is 5.95 Å². The first-order chi connectivity index (χ1) is 13.2. The Morgan fingerprint density at radius 2 is 2.07 bits per heavy atom. The van der Waals surface area contributed by atoms with Gasteiger partial charge in [-0.25, -0.2) is 9.97 Å². The second-order valence-corrected chi connectivity index (χ2v) is 6.95. The summed E-state index contributed by atoms with van der Waals surface area (Å²) in [6.07, 6.45) is 7.64. The Bertz CT molecular complexity index is 1010. The van der Waals surface area contributed by atoms with Crippen molar-refractivity contribution in [3.05, 3.63) is 59.3 Å². The van der Waals surface area contributed by atoms with E-state index < -0.39 is 0 Å². The van der Waals surface area contributed by atoms with E-state index in [0.29, 0.717) is 12.5 Å². The first-order valence-corrected chi connectivity index (χ1v) is 9.43. The molecule has 0 saturated heterocycles. The summed E-state index contributed by atoms with van der Waals surface area (Å²) >= 11 is 1.63. The first-order valence-electron chi connectivity index (χ1n) is 8.55. The molecule has 4 rings (SSSR count). The molecule has 27 heavy (non-hydrogen) atoms. The van der Waals surface area contributed by atoms with Crippen molar-refractivity contribution >= 4 is 17.3 Å². The third-order valence-corrected chi connectivity index (χ3v) is 5.10. The highest BCUT2D eigenvalue weighted by Crippen LogP contribution is 2.32. The second-order valence-electron chi connectivity index (χ2n) is 6.00. The zero-order chi connectivity index (χ0) is 18.6. The van der Waals surface area contributed by atoms with Crippen molar-refractivity contribution in [1.82, 2.24) is 25.1 Å². The number of hydrogen-bond donors (Lipinski definition) is 1. The lowest BCUT2D eigenvalue weighted by Crippen LogP contribution is -2.09. The van der Waals surface area contributed by atoms with Gasteiger partial charge >= 0.3 is 0 Å². The Morgan fingerprint density at radius 3 is 2.78 bits per heavy atom. The number of nitrogens with one attached hydrogen (secondary N) is 1. The largest absolute Gasteiger partial charge is 0.361 e. The molecule has 0 bridgehead atoms. The average Bonchev–Trinajstić information content (AvgIpc) is 3.34. The van der Waals surface area contributed by atoms with Crippen LogP contribution in [0.15, 0.2) is 46.8 Å². The number of rotatable bonds is 6. The maximum absolute atomic E-state index is 5.21. The van der Waals surface area contributed by atoms with E-state index >= 15 is 0 Å². The van der Waals surface area contributed by atoms with Crippen LogP contribution in [0.4, 0.5) is 5.95 Å². The summed E-state index contributed by atoms with van der Waals surface area (Å²) in [5.41, 5.74) is 4.51. The van der Waals surface area contributed by atoms with E-state index in [1.807, 2.05) is 31.4 Å². The number of aryl methyl sites for hydroxylation is 2. The summed E-state index contributed by atoms with van der Waals surface area (Å²) in [5, 5.41) is 9.31. The van der Waals surface area contributed by atoms with E-state index in [1.165, 1.54) is 0 Å². The third-order valence-electron chi connectivity index (χ3n) is 4.22. The molecule has 0 radical (unpaired) electrons. The Morgan fingerprint density at radius 1 is 1.15 bits per heavy atom. The molecule has 0 amide bonds. The van der Waals surface area contributed by atoms with Gasteiger partial charge in [-0.3, -0.25) is 9.97 Å². The second kappa shape index (κ2) is 7.63. The van der Waals surface area contributed by atoms with Crippen molar-refractivity contribution in [2.45, 2.75) is 20.3 Å². The molecule has 7 nitrogen and oxygen atoms in total. The van der Waals surface area contributed by atoms with E-state index in [1.54, 1.807) is 36.1 Å². The topological polar surface area (TPSA) is 89.6 Å². The highest BCUT2D eigenvalue weighted by molar-refractivity contribution is 7.13. The minimum absolute atomic E-state index is 0.581. The van der Waals surface area contributed by atoms with Crippen LogP contribution < -0.4 is 5.32 Å². The number of thiophene rings is 1. The molecular formula is C19H18N6OS. The fraction of sp³-hybridized carbons (Fsp3) is 0.211. The Hall–Kier alpha value is -3.13. The van der Waals surface area contributed by atoms with Crippen LogP contribution >= 0.6 is 11.3 Å². The maximum Gasteiger partial charge on any atom is 0.223 e. The molecule has 0 saturated carbocycles. The van der Waals surface area contributed by atoms with Crippen LogP contribution in [0.3, 0.4) is 0 Å². The summed E-state index contributed by atoms with van der Waals surface area (Å²) < 4.78 is 5.21. The van der Waals surface area contributed by atoms with Crippen LogP contribution in [-0.2, 0) is 6.42 Å². The average molecular weight is 378 g/mol. The molecule has 0 unspecified atom stereocenters. The molecule has 0 aliphatic rings.